The van der Waals surface area contributed by atoms with Gasteiger partial charge >= 0.3 is 12.0 Å². The van der Waals surface area contributed by atoms with Crippen molar-refractivity contribution in [3.8, 4) is 0 Å². The third kappa shape index (κ3) is 4.21. The molecule has 0 aromatic heterocycles. The van der Waals surface area contributed by atoms with E-state index in [1.54, 1.807) is 36.2 Å². The number of benzene rings is 1. The molecule has 0 aliphatic heterocycles. The monoisotopic (exact) mass is 290 g/mol. The standard InChI is InChI=1S/C16H22N2O3/c1-18(11-12-6-5-7-12)16(21)17-10-14(15(19)20)13-8-3-2-4-9-13/h2-4,8-9,12,14H,5-7,10-11H2,1H3,(H,17,21)(H,19,20). The van der Waals surface area contributed by atoms with Crippen LogP contribution in [0.1, 0.15) is 30.7 Å². The Bertz CT molecular complexity index is 486. The topological polar surface area (TPSA) is 69.6 Å². The van der Waals surface area contributed by atoms with E-state index in [9.17, 15) is 14.7 Å². The van der Waals surface area contributed by atoms with Crippen LogP contribution in [0.5, 0.6) is 0 Å². The maximum atomic E-state index is 12.0. The Morgan fingerprint density at radius 1 is 1.33 bits per heavy atom. The van der Waals surface area contributed by atoms with Gasteiger partial charge in [0, 0.05) is 20.1 Å². The second kappa shape index (κ2) is 7.11. The number of aliphatic carboxylic acids is 1. The third-order valence-corrected chi connectivity index (χ3v) is 4.06. The van der Waals surface area contributed by atoms with Crippen molar-refractivity contribution in [1.29, 1.82) is 0 Å². The zero-order valence-electron chi connectivity index (χ0n) is 12.3. The first kappa shape index (κ1) is 15.4. The first-order valence-corrected chi connectivity index (χ1v) is 7.34. The molecule has 1 aromatic rings. The Kier molecular flexibility index (Phi) is 5.20. The molecule has 1 aliphatic carbocycles. The number of hydrogen-bond acceptors (Lipinski definition) is 2. The maximum absolute atomic E-state index is 12.0. The van der Waals surface area contributed by atoms with E-state index < -0.39 is 11.9 Å². The fourth-order valence-corrected chi connectivity index (χ4v) is 2.50. The van der Waals surface area contributed by atoms with Crippen molar-refractivity contribution in [1.82, 2.24) is 10.2 Å². The molecule has 114 valence electrons. The lowest BCUT2D eigenvalue weighted by molar-refractivity contribution is -0.138. The number of carboxylic acids is 1. The van der Waals surface area contributed by atoms with Crippen molar-refractivity contribution in [2.75, 3.05) is 20.1 Å². The quantitative estimate of drug-likeness (QED) is 0.844. The second-order valence-electron chi connectivity index (χ2n) is 5.67. The van der Waals surface area contributed by atoms with E-state index in [-0.39, 0.29) is 12.6 Å². The van der Waals surface area contributed by atoms with Crippen LogP contribution in [-0.4, -0.2) is 42.1 Å². The number of rotatable bonds is 6. The zero-order chi connectivity index (χ0) is 15.2. The summed E-state index contributed by atoms with van der Waals surface area (Å²) in [6.07, 6.45) is 3.61. The molecule has 1 fully saturated rings. The van der Waals surface area contributed by atoms with Crippen LogP contribution in [-0.2, 0) is 4.79 Å². The van der Waals surface area contributed by atoms with Crippen molar-refractivity contribution in [2.45, 2.75) is 25.2 Å². The number of nitrogens with one attached hydrogen (secondary N) is 1. The van der Waals surface area contributed by atoms with Crippen molar-refractivity contribution < 1.29 is 14.7 Å². The fraction of sp³-hybridized carbons (Fsp3) is 0.500. The predicted molar refractivity (Wildman–Crippen MR) is 80.2 cm³/mol. The van der Waals surface area contributed by atoms with Gasteiger partial charge in [-0.3, -0.25) is 4.79 Å². The highest BCUT2D eigenvalue weighted by Gasteiger charge is 2.23. The van der Waals surface area contributed by atoms with E-state index in [2.05, 4.69) is 5.32 Å². The molecule has 1 unspecified atom stereocenters. The van der Waals surface area contributed by atoms with Crippen LogP contribution in [0.15, 0.2) is 30.3 Å². The number of carboxylic acid groups (broad SMARTS) is 1. The van der Waals surface area contributed by atoms with Crippen LogP contribution >= 0.6 is 0 Å². The third-order valence-electron chi connectivity index (χ3n) is 4.06. The van der Waals surface area contributed by atoms with Crippen LogP contribution < -0.4 is 5.32 Å². The lowest BCUT2D eigenvalue weighted by Crippen LogP contribution is -2.43. The average Bonchev–Trinajstić information content (AvgIpc) is 2.43. The van der Waals surface area contributed by atoms with Gasteiger partial charge in [-0.1, -0.05) is 36.8 Å². The summed E-state index contributed by atoms with van der Waals surface area (Å²) in [6.45, 7) is 0.849. The molecule has 21 heavy (non-hydrogen) atoms. The van der Waals surface area contributed by atoms with Gasteiger partial charge in [-0.15, -0.1) is 0 Å². The van der Waals surface area contributed by atoms with Crippen LogP contribution in [0.4, 0.5) is 4.79 Å². The summed E-state index contributed by atoms with van der Waals surface area (Å²) in [5, 5.41) is 12.0. The van der Waals surface area contributed by atoms with E-state index in [1.807, 2.05) is 6.07 Å². The first-order chi connectivity index (χ1) is 10.1. The van der Waals surface area contributed by atoms with E-state index in [0.717, 1.165) is 6.54 Å². The summed E-state index contributed by atoms with van der Waals surface area (Å²) >= 11 is 0. The summed E-state index contributed by atoms with van der Waals surface area (Å²) in [4.78, 5) is 25.0. The highest BCUT2D eigenvalue weighted by molar-refractivity contribution is 5.79. The molecule has 0 heterocycles. The lowest BCUT2D eigenvalue weighted by Gasteiger charge is -2.30. The molecule has 0 spiro atoms. The number of urea groups is 1. The Hall–Kier alpha value is -2.04. The lowest BCUT2D eigenvalue weighted by atomic mass is 9.85. The molecule has 1 aliphatic rings. The SMILES string of the molecule is CN(CC1CCC1)C(=O)NCC(C(=O)O)c1ccccc1. The molecule has 2 amide bonds. The molecule has 1 saturated carbocycles. The normalized spacial score (nSPS) is 15.9. The van der Waals surface area contributed by atoms with E-state index >= 15 is 0 Å². The molecule has 1 atom stereocenters. The number of carbonyl (C=O) groups excluding carboxylic acids is 1. The van der Waals surface area contributed by atoms with Gasteiger partial charge in [0.25, 0.3) is 0 Å². The summed E-state index contributed by atoms with van der Waals surface area (Å²) in [7, 11) is 1.76. The highest BCUT2D eigenvalue weighted by Crippen LogP contribution is 2.26. The summed E-state index contributed by atoms with van der Waals surface area (Å²) < 4.78 is 0. The minimum absolute atomic E-state index is 0.104. The first-order valence-electron chi connectivity index (χ1n) is 7.34. The zero-order valence-corrected chi connectivity index (χ0v) is 12.3. The van der Waals surface area contributed by atoms with Gasteiger partial charge < -0.3 is 15.3 Å². The van der Waals surface area contributed by atoms with E-state index in [4.69, 9.17) is 0 Å². The Balaban J connectivity index is 1.86. The smallest absolute Gasteiger partial charge is 0.317 e. The van der Waals surface area contributed by atoms with Gasteiger partial charge in [0.1, 0.15) is 0 Å². The van der Waals surface area contributed by atoms with Gasteiger partial charge in [0.2, 0.25) is 0 Å². The number of carbonyl (C=O) groups is 2. The molecule has 0 radical (unpaired) electrons. The minimum atomic E-state index is -0.928. The summed E-state index contributed by atoms with van der Waals surface area (Å²) in [5.41, 5.74) is 0.701. The van der Waals surface area contributed by atoms with Crippen molar-refractivity contribution >= 4 is 12.0 Å². The molecule has 5 nitrogen and oxygen atoms in total. The van der Waals surface area contributed by atoms with Gasteiger partial charge in [-0.25, -0.2) is 4.79 Å². The average molecular weight is 290 g/mol. The van der Waals surface area contributed by atoms with Crippen molar-refractivity contribution in [3.05, 3.63) is 35.9 Å². The van der Waals surface area contributed by atoms with E-state index in [0.29, 0.717) is 11.5 Å². The molecule has 2 N–H and O–H groups in total. The number of hydrogen-bond donors (Lipinski definition) is 2. The molecule has 0 bridgehead atoms. The highest BCUT2D eigenvalue weighted by atomic mass is 16.4. The van der Waals surface area contributed by atoms with Gasteiger partial charge in [-0.2, -0.15) is 0 Å². The van der Waals surface area contributed by atoms with Gasteiger partial charge in [-0.05, 0) is 24.3 Å². The molecular formula is C16H22N2O3. The Morgan fingerprint density at radius 2 is 2.00 bits per heavy atom. The van der Waals surface area contributed by atoms with Gasteiger partial charge in [0.15, 0.2) is 0 Å². The molecule has 1 aromatic carbocycles. The van der Waals surface area contributed by atoms with E-state index in [1.165, 1.54) is 19.3 Å². The van der Waals surface area contributed by atoms with Crippen LogP contribution in [0.25, 0.3) is 0 Å². The number of nitrogens with zero attached hydrogens (tertiary/aromatic N) is 1. The molecule has 0 saturated heterocycles. The molecule has 5 heteroatoms. The van der Waals surface area contributed by atoms with Crippen LogP contribution in [0.2, 0.25) is 0 Å². The Labute approximate surface area is 125 Å². The van der Waals surface area contributed by atoms with Gasteiger partial charge in [0.05, 0.1) is 5.92 Å². The Morgan fingerprint density at radius 3 is 2.52 bits per heavy atom. The molecular weight excluding hydrogens is 268 g/mol. The predicted octanol–water partition coefficient (Wildman–Crippen LogP) is 2.30. The summed E-state index contributed by atoms with van der Waals surface area (Å²) in [6, 6.07) is 8.77. The number of amides is 2. The molecule has 2 rings (SSSR count). The van der Waals surface area contributed by atoms with Crippen molar-refractivity contribution in [3.63, 3.8) is 0 Å². The van der Waals surface area contributed by atoms with Crippen LogP contribution in [0, 0.1) is 5.92 Å². The fourth-order valence-electron chi connectivity index (χ4n) is 2.50. The van der Waals surface area contributed by atoms with Crippen molar-refractivity contribution in [2.24, 2.45) is 5.92 Å². The van der Waals surface area contributed by atoms with Crippen LogP contribution in [0.3, 0.4) is 0 Å². The minimum Gasteiger partial charge on any atom is -0.481 e. The summed E-state index contributed by atoms with van der Waals surface area (Å²) in [5.74, 6) is -1.04. The maximum Gasteiger partial charge on any atom is 0.317 e. The second-order valence-corrected chi connectivity index (χ2v) is 5.67. The largest absolute Gasteiger partial charge is 0.481 e.